The van der Waals surface area contributed by atoms with Crippen LogP contribution in [-0.4, -0.2) is 25.8 Å². The second kappa shape index (κ2) is 4.87. The van der Waals surface area contributed by atoms with Crippen LogP contribution in [0.2, 0.25) is 0 Å². The Kier molecular flexibility index (Phi) is 3.42. The lowest BCUT2D eigenvalue weighted by molar-refractivity contribution is -0.137. The number of nitrogens with zero attached hydrogens (tertiary/aromatic N) is 3. The van der Waals surface area contributed by atoms with Gasteiger partial charge in [-0.05, 0) is 25.5 Å². The first-order valence-electron chi connectivity index (χ1n) is 6.12. The van der Waals surface area contributed by atoms with E-state index in [0.29, 0.717) is 17.5 Å². The van der Waals surface area contributed by atoms with Crippen molar-refractivity contribution in [2.24, 2.45) is 0 Å². The first-order valence-corrected chi connectivity index (χ1v) is 6.12. The molecule has 2 rings (SSSR count). The topological polar surface area (TPSA) is 81.2 Å². The molecular formula is C13H17N3O3. The fourth-order valence-electron chi connectivity index (χ4n) is 2.04. The van der Waals surface area contributed by atoms with E-state index in [4.69, 9.17) is 9.52 Å². The van der Waals surface area contributed by atoms with E-state index >= 15 is 0 Å². The molecule has 2 aromatic heterocycles. The van der Waals surface area contributed by atoms with E-state index in [2.05, 4.69) is 10.2 Å². The van der Waals surface area contributed by atoms with E-state index in [1.807, 2.05) is 33.8 Å². The van der Waals surface area contributed by atoms with Crippen LogP contribution >= 0.6 is 0 Å². The molecule has 0 aliphatic rings. The van der Waals surface area contributed by atoms with Gasteiger partial charge in [-0.2, -0.15) is 0 Å². The summed E-state index contributed by atoms with van der Waals surface area (Å²) in [6.07, 6.45) is 0. The normalized spacial score (nSPS) is 11.2. The summed E-state index contributed by atoms with van der Waals surface area (Å²) in [5.41, 5.74) is 2.47. The van der Waals surface area contributed by atoms with Crippen molar-refractivity contribution in [3.05, 3.63) is 23.2 Å². The highest BCUT2D eigenvalue weighted by molar-refractivity contribution is 5.69. The van der Waals surface area contributed by atoms with Gasteiger partial charge in [0.05, 0.1) is 0 Å². The molecule has 1 N–H and O–H groups in total. The van der Waals surface area contributed by atoms with E-state index in [1.54, 1.807) is 4.57 Å². The molecule has 0 amide bonds. The highest BCUT2D eigenvalue weighted by Gasteiger charge is 2.20. The Bertz CT molecular complexity index is 611. The molecule has 0 spiro atoms. The molecule has 0 aromatic carbocycles. The summed E-state index contributed by atoms with van der Waals surface area (Å²) in [6, 6.07) is 1.91. The van der Waals surface area contributed by atoms with Gasteiger partial charge in [0.2, 0.25) is 5.89 Å². The molecule has 0 aliphatic carbocycles. The molecule has 0 saturated heterocycles. The van der Waals surface area contributed by atoms with Gasteiger partial charge in [0.1, 0.15) is 12.2 Å². The zero-order valence-electron chi connectivity index (χ0n) is 11.5. The predicted octanol–water partition coefficient (Wildman–Crippen LogP) is 2.36. The molecule has 0 aliphatic heterocycles. The summed E-state index contributed by atoms with van der Waals surface area (Å²) >= 11 is 0. The maximum absolute atomic E-state index is 10.9. The minimum absolute atomic E-state index is 0.117. The van der Waals surface area contributed by atoms with Crippen LogP contribution < -0.4 is 0 Å². The second-order valence-electron chi connectivity index (χ2n) is 4.90. The summed E-state index contributed by atoms with van der Waals surface area (Å²) in [6.45, 7) is 7.57. The molecule has 0 atom stereocenters. The summed E-state index contributed by atoms with van der Waals surface area (Å²) in [4.78, 5) is 10.9. The Morgan fingerprint density at radius 3 is 2.63 bits per heavy atom. The minimum Gasteiger partial charge on any atom is -0.480 e. The van der Waals surface area contributed by atoms with Crippen molar-refractivity contribution >= 4 is 5.97 Å². The van der Waals surface area contributed by atoms with E-state index in [0.717, 1.165) is 11.3 Å². The fraction of sp³-hybridized carbons (Fsp3) is 0.462. The summed E-state index contributed by atoms with van der Waals surface area (Å²) in [5, 5.41) is 17.0. The first kappa shape index (κ1) is 13.3. The average molecular weight is 263 g/mol. The highest BCUT2D eigenvalue weighted by Crippen LogP contribution is 2.27. The predicted molar refractivity (Wildman–Crippen MR) is 68.9 cm³/mol. The Labute approximate surface area is 111 Å². The van der Waals surface area contributed by atoms with Gasteiger partial charge < -0.3 is 14.1 Å². The van der Waals surface area contributed by atoms with Crippen LogP contribution in [0.15, 0.2) is 10.5 Å². The SMILES string of the molecule is Cc1cc(C)n(CC(=O)O)c1-c1nnc(C(C)C)o1. The van der Waals surface area contributed by atoms with Crippen LogP contribution in [0.3, 0.4) is 0 Å². The third-order valence-corrected chi connectivity index (χ3v) is 2.93. The lowest BCUT2D eigenvalue weighted by Gasteiger charge is -2.06. The molecule has 0 bridgehead atoms. The van der Waals surface area contributed by atoms with Crippen LogP contribution in [0.1, 0.15) is 36.9 Å². The Hall–Kier alpha value is -2.11. The molecule has 19 heavy (non-hydrogen) atoms. The number of carboxylic acids is 1. The zero-order valence-corrected chi connectivity index (χ0v) is 11.5. The van der Waals surface area contributed by atoms with Gasteiger partial charge in [-0.15, -0.1) is 10.2 Å². The van der Waals surface area contributed by atoms with Crippen molar-refractivity contribution in [3.63, 3.8) is 0 Å². The molecule has 0 saturated carbocycles. The molecule has 0 unspecified atom stereocenters. The maximum atomic E-state index is 10.9. The Balaban J connectivity index is 2.50. The van der Waals surface area contributed by atoms with Crippen molar-refractivity contribution < 1.29 is 14.3 Å². The van der Waals surface area contributed by atoms with Crippen LogP contribution in [0.25, 0.3) is 11.6 Å². The third kappa shape index (κ3) is 2.52. The molecule has 2 heterocycles. The third-order valence-electron chi connectivity index (χ3n) is 2.93. The number of carboxylic acid groups (broad SMARTS) is 1. The summed E-state index contributed by atoms with van der Waals surface area (Å²) < 4.78 is 7.29. The van der Waals surface area contributed by atoms with Crippen LogP contribution in [0.4, 0.5) is 0 Å². The van der Waals surface area contributed by atoms with Crippen molar-refractivity contribution in [2.45, 2.75) is 40.2 Å². The van der Waals surface area contributed by atoms with Crippen molar-refractivity contribution in [3.8, 4) is 11.6 Å². The number of aryl methyl sites for hydroxylation is 2. The summed E-state index contributed by atoms with van der Waals surface area (Å²) in [5.74, 6) is 0.166. The number of hydrogen-bond donors (Lipinski definition) is 1. The first-order chi connectivity index (χ1) is 8.90. The number of aromatic nitrogens is 3. The fourth-order valence-corrected chi connectivity index (χ4v) is 2.04. The number of carbonyl (C=O) groups is 1. The van der Waals surface area contributed by atoms with Crippen LogP contribution in [0.5, 0.6) is 0 Å². The molecular weight excluding hydrogens is 246 g/mol. The van der Waals surface area contributed by atoms with Gasteiger partial charge >= 0.3 is 5.97 Å². The van der Waals surface area contributed by atoms with E-state index in [1.165, 1.54) is 0 Å². The lowest BCUT2D eigenvalue weighted by Crippen LogP contribution is -2.11. The van der Waals surface area contributed by atoms with Crippen LogP contribution in [-0.2, 0) is 11.3 Å². The highest BCUT2D eigenvalue weighted by atomic mass is 16.4. The van der Waals surface area contributed by atoms with Crippen molar-refractivity contribution in [1.82, 2.24) is 14.8 Å². The Morgan fingerprint density at radius 1 is 1.42 bits per heavy atom. The van der Waals surface area contributed by atoms with E-state index in [-0.39, 0.29) is 12.5 Å². The number of aliphatic carboxylic acids is 1. The van der Waals surface area contributed by atoms with Gasteiger partial charge in [0.15, 0.2) is 0 Å². The molecule has 6 nitrogen and oxygen atoms in total. The van der Waals surface area contributed by atoms with Crippen molar-refractivity contribution in [2.75, 3.05) is 0 Å². The monoisotopic (exact) mass is 263 g/mol. The van der Waals surface area contributed by atoms with Gasteiger partial charge in [0.25, 0.3) is 5.89 Å². The lowest BCUT2D eigenvalue weighted by atomic mass is 10.2. The van der Waals surface area contributed by atoms with Crippen LogP contribution in [0, 0.1) is 13.8 Å². The average Bonchev–Trinajstić information content (AvgIpc) is 2.85. The van der Waals surface area contributed by atoms with Crippen molar-refractivity contribution in [1.29, 1.82) is 0 Å². The molecule has 6 heteroatoms. The molecule has 102 valence electrons. The van der Waals surface area contributed by atoms with E-state index in [9.17, 15) is 4.79 Å². The molecule has 0 radical (unpaired) electrons. The van der Waals surface area contributed by atoms with E-state index < -0.39 is 5.97 Å². The summed E-state index contributed by atoms with van der Waals surface area (Å²) in [7, 11) is 0. The minimum atomic E-state index is -0.899. The number of hydrogen-bond acceptors (Lipinski definition) is 4. The maximum Gasteiger partial charge on any atom is 0.323 e. The van der Waals surface area contributed by atoms with Gasteiger partial charge in [-0.3, -0.25) is 4.79 Å². The van der Waals surface area contributed by atoms with Gasteiger partial charge in [-0.1, -0.05) is 13.8 Å². The standard InChI is InChI=1S/C13H17N3O3/c1-7(2)12-14-15-13(19-12)11-8(3)5-9(4)16(11)6-10(17)18/h5,7H,6H2,1-4H3,(H,17,18). The van der Waals surface area contributed by atoms with Gasteiger partial charge in [-0.25, -0.2) is 0 Å². The zero-order chi connectivity index (χ0) is 14.2. The van der Waals surface area contributed by atoms with Gasteiger partial charge in [0, 0.05) is 11.6 Å². The second-order valence-corrected chi connectivity index (χ2v) is 4.90. The Morgan fingerprint density at radius 2 is 2.11 bits per heavy atom. The smallest absolute Gasteiger partial charge is 0.323 e. The number of rotatable bonds is 4. The largest absolute Gasteiger partial charge is 0.480 e. The molecule has 2 aromatic rings. The quantitative estimate of drug-likeness (QED) is 0.915. The molecule has 0 fully saturated rings.